The van der Waals surface area contributed by atoms with Crippen LogP contribution in [0.25, 0.3) is 16.9 Å². The van der Waals surface area contributed by atoms with Gasteiger partial charge in [0.2, 0.25) is 0 Å². The van der Waals surface area contributed by atoms with E-state index in [4.69, 9.17) is 4.98 Å². The molecule has 1 N–H and O–H groups in total. The van der Waals surface area contributed by atoms with Gasteiger partial charge >= 0.3 is 0 Å². The Labute approximate surface area is 158 Å². The Balaban J connectivity index is 0.00000113. The Morgan fingerprint density at radius 2 is 1.72 bits per heavy atom. The van der Waals surface area contributed by atoms with Crippen LogP contribution in [0, 0.1) is 5.82 Å². The van der Waals surface area contributed by atoms with E-state index in [1.165, 1.54) is 12.1 Å². The molecule has 0 spiro atoms. The summed E-state index contributed by atoms with van der Waals surface area (Å²) in [7, 11) is 0. The van der Waals surface area contributed by atoms with Crippen LogP contribution in [0.5, 0.6) is 0 Å². The molecule has 0 atom stereocenters. The smallest absolute Gasteiger partial charge is 0.137 e. The van der Waals surface area contributed by atoms with Crippen LogP contribution in [0.15, 0.2) is 48.7 Å². The van der Waals surface area contributed by atoms with Gasteiger partial charge in [0.1, 0.15) is 11.5 Å². The van der Waals surface area contributed by atoms with E-state index in [0.29, 0.717) is 0 Å². The van der Waals surface area contributed by atoms with E-state index in [2.05, 4.69) is 14.6 Å². The zero-order valence-corrected chi connectivity index (χ0v) is 15.3. The van der Waals surface area contributed by atoms with Gasteiger partial charge < -0.3 is 9.72 Å². The number of hydrogen-bond acceptors (Lipinski definition) is 3. The molecular weight excluding hydrogens is 362 g/mol. The van der Waals surface area contributed by atoms with Crippen LogP contribution in [-0.2, 0) is 6.54 Å². The molecular formula is C18H21Cl2FN4. The van der Waals surface area contributed by atoms with Crippen LogP contribution in [0.3, 0.4) is 0 Å². The van der Waals surface area contributed by atoms with Crippen LogP contribution in [-0.4, -0.2) is 40.5 Å². The van der Waals surface area contributed by atoms with Gasteiger partial charge in [-0.15, -0.1) is 24.8 Å². The lowest BCUT2D eigenvalue weighted by Gasteiger charge is -2.27. The van der Waals surface area contributed by atoms with Gasteiger partial charge in [-0.2, -0.15) is 0 Å². The summed E-state index contributed by atoms with van der Waals surface area (Å²) < 4.78 is 15.4. The number of imidazole rings is 1. The largest absolute Gasteiger partial charge is 0.314 e. The molecule has 1 fully saturated rings. The maximum Gasteiger partial charge on any atom is 0.137 e. The van der Waals surface area contributed by atoms with Crippen LogP contribution in [0.4, 0.5) is 4.39 Å². The topological polar surface area (TPSA) is 32.6 Å². The Hall–Kier alpha value is -1.66. The maximum atomic E-state index is 13.2. The van der Waals surface area contributed by atoms with E-state index in [9.17, 15) is 4.39 Å². The molecule has 4 nitrogen and oxygen atoms in total. The molecule has 3 heterocycles. The first-order valence-electron chi connectivity index (χ1n) is 7.96. The molecule has 3 aromatic rings. The highest BCUT2D eigenvalue weighted by Crippen LogP contribution is 2.26. The number of fused-ring (bicyclic) bond motifs is 1. The Morgan fingerprint density at radius 3 is 2.44 bits per heavy atom. The van der Waals surface area contributed by atoms with E-state index in [0.717, 1.165) is 55.3 Å². The molecule has 1 saturated heterocycles. The number of piperazine rings is 1. The van der Waals surface area contributed by atoms with Gasteiger partial charge in [-0.1, -0.05) is 6.07 Å². The van der Waals surface area contributed by atoms with Crippen molar-refractivity contribution < 1.29 is 4.39 Å². The number of aromatic nitrogens is 2. The van der Waals surface area contributed by atoms with Crippen molar-refractivity contribution in [1.82, 2.24) is 19.6 Å². The predicted octanol–water partition coefficient (Wildman–Crippen LogP) is 3.39. The van der Waals surface area contributed by atoms with Crippen molar-refractivity contribution in [2.24, 2.45) is 0 Å². The highest BCUT2D eigenvalue weighted by molar-refractivity contribution is 5.85. The third-order valence-corrected chi connectivity index (χ3v) is 4.33. The van der Waals surface area contributed by atoms with Crippen molar-refractivity contribution in [2.45, 2.75) is 6.54 Å². The summed E-state index contributed by atoms with van der Waals surface area (Å²) in [6, 6.07) is 12.6. The van der Waals surface area contributed by atoms with Crippen LogP contribution >= 0.6 is 24.8 Å². The van der Waals surface area contributed by atoms with Crippen molar-refractivity contribution >= 4 is 30.5 Å². The highest BCUT2D eigenvalue weighted by Gasteiger charge is 2.18. The fourth-order valence-corrected chi connectivity index (χ4v) is 3.12. The summed E-state index contributed by atoms with van der Waals surface area (Å²) >= 11 is 0. The van der Waals surface area contributed by atoms with Crippen molar-refractivity contribution in [1.29, 1.82) is 0 Å². The molecule has 0 saturated carbocycles. The molecule has 0 bridgehead atoms. The minimum Gasteiger partial charge on any atom is -0.314 e. The number of hydrogen-bond donors (Lipinski definition) is 1. The second-order valence-corrected chi connectivity index (χ2v) is 5.87. The lowest BCUT2D eigenvalue weighted by Crippen LogP contribution is -2.43. The first-order chi connectivity index (χ1) is 11.3. The first kappa shape index (κ1) is 19.7. The lowest BCUT2D eigenvalue weighted by molar-refractivity contribution is 0.230. The van der Waals surface area contributed by atoms with E-state index in [1.54, 1.807) is 12.1 Å². The fourth-order valence-electron chi connectivity index (χ4n) is 3.12. The van der Waals surface area contributed by atoms with Gasteiger partial charge in [0.05, 0.1) is 11.4 Å². The highest BCUT2D eigenvalue weighted by atomic mass is 35.5. The van der Waals surface area contributed by atoms with Gasteiger partial charge in [0.15, 0.2) is 0 Å². The molecule has 1 aliphatic rings. The molecule has 2 aromatic heterocycles. The quantitative estimate of drug-likeness (QED) is 0.753. The van der Waals surface area contributed by atoms with Gasteiger partial charge in [0, 0.05) is 44.5 Å². The standard InChI is InChI=1S/C18H19FN4.2ClH/c19-15-6-4-14(5-7-15)18-16(13-22-11-8-20-9-12-22)23-10-2-1-3-17(23)21-18;;/h1-7,10,20H,8-9,11-13H2;2*1H. The molecule has 7 heteroatoms. The van der Waals surface area contributed by atoms with Gasteiger partial charge in [0.25, 0.3) is 0 Å². The summed E-state index contributed by atoms with van der Waals surface area (Å²) in [4.78, 5) is 7.21. The van der Waals surface area contributed by atoms with E-state index < -0.39 is 0 Å². The number of nitrogens with one attached hydrogen (secondary N) is 1. The Bertz CT molecular complexity index is 814. The number of pyridine rings is 1. The summed E-state index contributed by atoms with van der Waals surface area (Å²) in [5.74, 6) is -0.221. The fraction of sp³-hybridized carbons (Fsp3) is 0.278. The van der Waals surface area contributed by atoms with Gasteiger partial charge in [-0.05, 0) is 36.4 Å². The van der Waals surface area contributed by atoms with Gasteiger partial charge in [-0.25, -0.2) is 9.37 Å². The molecule has 0 radical (unpaired) electrons. The molecule has 1 aliphatic heterocycles. The number of rotatable bonds is 3. The molecule has 134 valence electrons. The van der Waals surface area contributed by atoms with Crippen molar-refractivity contribution in [2.75, 3.05) is 26.2 Å². The monoisotopic (exact) mass is 382 g/mol. The van der Waals surface area contributed by atoms with E-state index in [1.807, 2.05) is 24.4 Å². The molecule has 1 aromatic carbocycles. The molecule has 4 rings (SSSR count). The minimum atomic E-state index is -0.221. The average Bonchev–Trinajstić information content (AvgIpc) is 2.95. The Kier molecular flexibility index (Phi) is 6.79. The number of halogens is 3. The molecule has 0 amide bonds. The zero-order valence-electron chi connectivity index (χ0n) is 13.7. The summed E-state index contributed by atoms with van der Waals surface area (Å²) in [5, 5.41) is 3.38. The predicted molar refractivity (Wildman–Crippen MR) is 103 cm³/mol. The zero-order chi connectivity index (χ0) is 15.6. The normalized spacial score (nSPS) is 14.8. The third kappa shape index (κ3) is 4.12. The SMILES string of the molecule is Cl.Cl.Fc1ccc(-c2nc3ccccn3c2CN2CCNCC2)cc1. The van der Waals surface area contributed by atoms with Crippen LogP contribution < -0.4 is 5.32 Å². The third-order valence-electron chi connectivity index (χ3n) is 4.33. The number of nitrogens with zero attached hydrogens (tertiary/aromatic N) is 3. The molecule has 0 aliphatic carbocycles. The second kappa shape index (κ2) is 8.63. The minimum absolute atomic E-state index is 0. The molecule has 25 heavy (non-hydrogen) atoms. The first-order valence-corrected chi connectivity index (χ1v) is 7.96. The summed E-state index contributed by atoms with van der Waals surface area (Å²) in [5.41, 5.74) is 3.99. The second-order valence-electron chi connectivity index (χ2n) is 5.87. The molecule has 0 unspecified atom stereocenters. The summed E-state index contributed by atoms with van der Waals surface area (Å²) in [6.07, 6.45) is 2.05. The van der Waals surface area contributed by atoms with Crippen molar-refractivity contribution in [3.05, 3.63) is 60.2 Å². The van der Waals surface area contributed by atoms with E-state index >= 15 is 0 Å². The van der Waals surface area contributed by atoms with Crippen LogP contribution in [0.1, 0.15) is 5.69 Å². The summed E-state index contributed by atoms with van der Waals surface area (Å²) in [6.45, 7) is 4.94. The average molecular weight is 383 g/mol. The van der Waals surface area contributed by atoms with Crippen molar-refractivity contribution in [3.63, 3.8) is 0 Å². The van der Waals surface area contributed by atoms with Crippen molar-refractivity contribution in [3.8, 4) is 11.3 Å². The lowest BCUT2D eigenvalue weighted by atomic mass is 10.1. The number of benzene rings is 1. The maximum absolute atomic E-state index is 13.2. The van der Waals surface area contributed by atoms with Crippen LogP contribution in [0.2, 0.25) is 0 Å². The van der Waals surface area contributed by atoms with E-state index in [-0.39, 0.29) is 30.6 Å². The Morgan fingerprint density at radius 1 is 1.00 bits per heavy atom. The van der Waals surface area contributed by atoms with Gasteiger partial charge in [-0.3, -0.25) is 4.90 Å².